The Bertz CT molecular complexity index is 3900. The van der Waals surface area contributed by atoms with Gasteiger partial charge in [-0.2, -0.15) is 0 Å². The van der Waals surface area contributed by atoms with Crippen molar-refractivity contribution in [1.82, 2.24) is 24.1 Å². The minimum Gasteiger partial charge on any atom is -0.307 e. The third-order valence-corrected chi connectivity index (χ3v) is 13.5. The van der Waals surface area contributed by atoms with E-state index in [-0.39, 0.29) is 0 Å². The Morgan fingerprint density at radius 2 is 0.873 bits per heavy atom. The zero-order chi connectivity index (χ0) is 41.4. The Morgan fingerprint density at radius 3 is 1.60 bits per heavy atom. The van der Waals surface area contributed by atoms with Crippen LogP contribution in [-0.2, 0) is 0 Å². The second-order valence-electron chi connectivity index (χ2n) is 16.0. The van der Waals surface area contributed by atoms with Crippen molar-refractivity contribution in [2.24, 2.45) is 0 Å². The Labute approximate surface area is 366 Å². The second-order valence-corrected chi connectivity index (χ2v) is 17.1. The number of para-hydroxylation sites is 4. The van der Waals surface area contributed by atoms with Crippen LogP contribution in [0.2, 0.25) is 0 Å². The van der Waals surface area contributed by atoms with Crippen LogP contribution in [-0.4, -0.2) is 24.1 Å². The number of aromatic nitrogens is 5. The maximum atomic E-state index is 5.28. The molecular formula is C57H35N5S. The molecule has 0 unspecified atom stereocenters. The van der Waals surface area contributed by atoms with E-state index in [1.807, 2.05) is 29.5 Å². The van der Waals surface area contributed by atoms with Gasteiger partial charge in [0.2, 0.25) is 0 Å². The topological polar surface area (TPSA) is 48.5 Å². The van der Waals surface area contributed by atoms with E-state index >= 15 is 0 Å². The zero-order valence-corrected chi connectivity index (χ0v) is 34.7. The van der Waals surface area contributed by atoms with Crippen LogP contribution in [0.25, 0.3) is 120 Å². The minimum absolute atomic E-state index is 0.629. The van der Waals surface area contributed by atoms with Gasteiger partial charge >= 0.3 is 0 Å². The van der Waals surface area contributed by atoms with Gasteiger partial charge in [0.15, 0.2) is 17.5 Å². The fourth-order valence-corrected chi connectivity index (χ4v) is 10.7. The molecule has 0 radical (unpaired) electrons. The molecule has 13 rings (SSSR count). The van der Waals surface area contributed by atoms with Crippen LogP contribution in [0.4, 0.5) is 0 Å². The molecule has 0 saturated carbocycles. The third kappa shape index (κ3) is 5.66. The maximum Gasteiger partial charge on any atom is 0.164 e. The van der Waals surface area contributed by atoms with Crippen LogP contribution in [0.5, 0.6) is 0 Å². The van der Waals surface area contributed by atoms with E-state index in [0.29, 0.717) is 17.5 Å². The van der Waals surface area contributed by atoms with Gasteiger partial charge in [-0.1, -0.05) is 140 Å². The van der Waals surface area contributed by atoms with E-state index < -0.39 is 0 Å². The molecule has 0 amide bonds. The first-order valence-corrected chi connectivity index (χ1v) is 22.0. The normalized spacial score (nSPS) is 11.8. The molecule has 0 spiro atoms. The molecule has 4 aromatic heterocycles. The number of benzene rings is 9. The van der Waals surface area contributed by atoms with Gasteiger partial charge in [0.25, 0.3) is 0 Å². The van der Waals surface area contributed by atoms with Crippen molar-refractivity contribution >= 4 is 75.1 Å². The van der Waals surface area contributed by atoms with E-state index in [0.717, 1.165) is 55.4 Å². The van der Waals surface area contributed by atoms with E-state index in [1.54, 1.807) is 0 Å². The van der Waals surface area contributed by atoms with Gasteiger partial charge < -0.3 is 9.13 Å². The van der Waals surface area contributed by atoms with Crippen LogP contribution in [0.15, 0.2) is 212 Å². The average Bonchev–Trinajstić information content (AvgIpc) is 4.02. The van der Waals surface area contributed by atoms with Crippen LogP contribution in [0.3, 0.4) is 0 Å². The molecule has 63 heavy (non-hydrogen) atoms. The van der Waals surface area contributed by atoms with Crippen molar-refractivity contribution in [3.05, 3.63) is 212 Å². The fraction of sp³-hybridized carbons (Fsp3) is 0. The lowest BCUT2D eigenvalue weighted by atomic mass is 9.99. The van der Waals surface area contributed by atoms with Gasteiger partial charge in [0.1, 0.15) is 0 Å². The highest BCUT2D eigenvalue weighted by atomic mass is 32.1. The van der Waals surface area contributed by atoms with Crippen LogP contribution in [0, 0.1) is 0 Å². The number of fused-ring (bicyclic) bond motifs is 9. The standard InChI is InChI=1S/C57H35N5S/c1-4-16-36(17-5-1)41-24-15-29-52-53(41)46-35-39(31-33-51(46)63-52)57-59-55(37-18-6-2-7-19-37)58-56(60-57)38-30-32-49-45(34-38)43-23-11-13-27-48(43)62(49)50-28-14-25-44-42-22-10-12-26-47(42)61(54(44)50)40-20-8-3-9-21-40/h1-35H. The number of rotatable bonds is 6. The van der Waals surface area contributed by atoms with Gasteiger partial charge in [-0.25, -0.2) is 15.0 Å². The van der Waals surface area contributed by atoms with E-state index in [9.17, 15) is 0 Å². The molecule has 5 nitrogen and oxygen atoms in total. The van der Waals surface area contributed by atoms with Crippen molar-refractivity contribution in [3.63, 3.8) is 0 Å². The molecular weight excluding hydrogens is 787 g/mol. The number of thiophene rings is 1. The lowest BCUT2D eigenvalue weighted by Gasteiger charge is -2.14. The summed E-state index contributed by atoms with van der Waals surface area (Å²) in [5.74, 6) is 1.91. The Morgan fingerprint density at radius 1 is 0.333 bits per heavy atom. The molecule has 9 aromatic carbocycles. The minimum atomic E-state index is 0.629. The molecule has 4 heterocycles. The van der Waals surface area contributed by atoms with Crippen LogP contribution in [0.1, 0.15) is 0 Å². The van der Waals surface area contributed by atoms with Crippen LogP contribution >= 0.6 is 11.3 Å². The van der Waals surface area contributed by atoms with E-state index in [4.69, 9.17) is 15.0 Å². The SMILES string of the molecule is c1ccc(-c2nc(-c3ccc4sc5cccc(-c6ccccc6)c5c4c3)nc(-c3ccc4c(c3)c3ccccc3n4-c3cccc4c5ccccc5n(-c5ccccc5)c34)n2)cc1. The molecule has 6 heteroatoms. The van der Waals surface area contributed by atoms with Crippen molar-refractivity contribution in [3.8, 4) is 56.7 Å². The molecule has 13 aromatic rings. The molecule has 0 aliphatic rings. The van der Waals surface area contributed by atoms with Crippen LogP contribution < -0.4 is 0 Å². The molecule has 0 aliphatic heterocycles. The summed E-state index contributed by atoms with van der Waals surface area (Å²) < 4.78 is 7.32. The van der Waals surface area contributed by atoms with Gasteiger partial charge in [-0.3, -0.25) is 0 Å². The number of hydrogen-bond acceptors (Lipinski definition) is 4. The summed E-state index contributed by atoms with van der Waals surface area (Å²) in [5, 5.41) is 7.19. The quantitative estimate of drug-likeness (QED) is 0.168. The van der Waals surface area contributed by atoms with Crippen molar-refractivity contribution in [2.75, 3.05) is 0 Å². The summed E-state index contributed by atoms with van der Waals surface area (Å²) in [7, 11) is 0. The lowest BCUT2D eigenvalue weighted by molar-refractivity contribution is 1.07. The smallest absolute Gasteiger partial charge is 0.164 e. The first-order chi connectivity index (χ1) is 31.2. The van der Waals surface area contributed by atoms with E-state index in [2.05, 4.69) is 203 Å². The number of hydrogen-bond donors (Lipinski definition) is 0. The Hall–Kier alpha value is -8.19. The van der Waals surface area contributed by atoms with Gasteiger partial charge in [-0.15, -0.1) is 11.3 Å². The third-order valence-electron chi connectivity index (χ3n) is 12.4. The highest BCUT2D eigenvalue weighted by Crippen LogP contribution is 2.43. The van der Waals surface area contributed by atoms with E-state index in [1.165, 1.54) is 47.6 Å². The first kappa shape index (κ1) is 35.6. The molecule has 0 N–H and O–H groups in total. The summed E-state index contributed by atoms with van der Waals surface area (Å²) >= 11 is 1.82. The van der Waals surface area contributed by atoms with Gasteiger partial charge in [0.05, 0.1) is 27.8 Å². The lowest BCUT2D eigenvalue weighted by Crippen LogP contribution is -2.01. The fourth-order valence-electron chi connectivity index (χ4n) is 9.57. The van der Waals surface area contributed by atoms with Crippen molar-refractivity contribution in [1.29, 1.82) is 0 Å². The molecule has 0 saturated heterocycles. The predicted octanol–water partition coefficient (Wildman–Crippen LogP) is 15.1. The largest absolute Gasteiger partial charge is 0.307 e. The van der Waals surface area contributed by atoms with Gasteiger partial charge in [0, 0.05) is 64.1 Å². The van der Waals surface area contributed by atoms with Gasteiger partial charge in [-0.05, 0) is 83.9 Å². The highest BCUT2D eigenvalue weighted by Gasteiger charge is 2.21. The van der Waals surface area contributed by atoms with Crippen molar-refractivity contribution in [2.45, 2.75) is 0 Å². The highest BCUT2D eigenvalue weighted by molar-refractivity contribution is 7.26. The number of nitrogens with zero attached hydrogens (tertiary/aromatic N) is 5. The first-order valence-electron chi connectivity index (χ1n) is 21.2. The zero-order valence-electron chi connectivity index (χ0n) is 33.9. The Balaban J connectivity index is 1.02. The molecule has 0 fully saturated rings. The second kappa shape index (κ2) is 14.2. The average molecular weight is 822 g/mol. The molecule has 0 aliphatic carbocycles. The maximum absolute atomic E-state index is 5.28. The molecule has 0 bridgehead atoms. The summed E-state index contributed by atoms with van der Waals surface area (Å²) in [6.07, 6.45) is 0. The summed E-state index contributed by atoms with van der Waals surface area (Å²) in [6.45, 7) is 0. The molecule has 0 atom stereocenters. The summed E-state index contributed by atoms with van der Waals surface area (Å²) in [6, 6.07) is 75.6. The molecule has 294 valence electrons. The summed E-state index contributed by atoms with van der Waals surface area (Å²) in [4.78, 5) is 15.6. The monoisotopic (exact) mass is 821 g/mol. The summed E-state index contributed by atoms with van der Waals surface area (Å²) in [5.41, 5.74) is 12.1. The predicted molar refractivity (Wildman–Crippen MR) is 263 cm³/mol. The van der Waals surface area contributed by atoms with Crippen molar-refractivity contribution < 1.29 is 0 Å². The Kier molecular flexibility index (Phi) is 8.01.